The lowest BCUT2D eigenvalue weighted by Crippen LogP contribution is -2.39. The van der Waals surface area contributed by atoms with Crippen molar-refractivity contribution in [3.8, 4) is 11.5 Å². The van der Waals surface area contributed by atoms with Crippen LogP contribution in [0.5, 0.6) is 11.5 Å². The molecule has 210 valence electrons. The maximum absolute atomic E-state index is 14.0. The second-order valence-corrected chi connectivity index (χ2v) is 10.3. The molecule has 3 aromatic carbocycles. The monoisotopic (exact) mass is 572 g/mol. The number of ether oxygens (including phenoxy) is 3. The summed E-state index contributed by atoms with van der Waals surface area (Å²) in [6.07, 6.45) is 1.76. The molecular formula is C32H29FN2O5S. The summed E-state index contributed by atoms with van der Waals surface area (Å²) < 4.78 is 32.8. The molecule has 0 aliphatic carbocycles. The van der Waals surface area contributed by atoms with Crippen molar-refractivity contribution < 1.29 is 23.4 Å². The fourth-order valence-electron chi connectivity index (χ4n) is 4.64. The minimum absolute atomic E-state index is 0.0797. The van der Waals surface area contributed by atoms with Crippen molar-refractivity contribution in [1.82, 2.24) is 4.57 Å². The van der Waals surface area contributed by atoms with Crippen LogP contribution in [0.15, 0.2) is 93.9 Å². The highest BCUT2D eigenvalue weighted by molar-refractivity contribution is 7.07. The molecule has 0 spiro atoms. The van der Waals surface area contributed by atoms with E-state index >= 15 is 0 Å². The Kier molecular flexibility index (Phi) is 8.45. The second kappa shape index (κ2) is 12.3. The number of halogens is 1. The average molecular weight is 573 g/mol. The summed E-state index contributed by atoms with van der Waals surface area (Å²) in [5.74, 6) is 0.396. The molecule has 4 aromatic rings. The number of thiazole rings is 1. The highest BCUT2D eigenvalue weighted by atomic mass is 32.1. The molecule has 41 heavy (non-hydrogen) atoms. The molecule has 2 heterocycles. The highest BCUT2D eigenvalue weighted by Gasteiger charge is 2.33. The second-order valence-electron chi connectivity index (χ2n) is 9.26. The lowest BCUT2D eigenvalue weighted by atomic mass is 9.96. The molecule has 0 unspecified atom stereocenters. The topological polar surface area (TPSA) is 79.1 Å². The Balaban J connectivity index is 1.54. The summed E-state index contributed by atoms with van der Waals surface area (Å²) in [6, 6.07) is 20.3. The SMILES string of the molecule is CCOC(=O)C1=C(C)N=c2s/c(=C\c3cccc(OCc4ccccc4F)c3)c(=O)n2[C@@H]1c1ccc(OCC)cc1. The van der Waals surface area contributed by atoms with Gasteiger partial charge in [0.15, 0.2) is 4.80 Å². The first kappa shape index (κ1) is 28.0. The fourth-order valence-corrected chi connectivity index (χ4v) is 5.69. The number of hydrogen-bond donors (Lipinski definition) is 0. The summed E-state index contributed by atoms with van der Waals surface area (Å²) in [6.45, 7) is 6.20. The number of esters is 1. The van der Waals surface area contributed by atoms with E-state index in [0.717, 1.165) is 11.1 Å². The molecule has 0 fully saturated rings. The molecule has 1 aliphatic rings. The third-order valence-electron chi connectivity index (χ3n) is 6.53. The van der Waals surface area contributed by atoms with E-state index in [1.807, 2.05) is 43.3 Å². The summed E-state index contributed by atoms with van der Waals surface area (Å²) >= 11 is 1.24. The van der Waals surface area contributed by atoms with E-state index < -0.39 is 12.0 Å². The Bertz CT molecular complexity index is 1790. The molecule has 0 saturated carbocycles. The zero-order valence-electron chi connectivity index (χ0n) is 22.9. The van der Waals surface area contributed by atoms with Gasteiger partial charge < -0.3 is 14.2 Å². The zero-order valence-corrected chi connectivity index (χ0v) is 23.7. The Morgan fingerprint density at radius 3 is 2.51 bits per heavy atom. The lowest BCUT2D eigenvalue weighted by Gasteiger charge is -2.24. The third-order valence-corrected chi connectivity index (χ3v) is 7.51. The predicted octanol–water partition coefficient (Wildman–Crippen LogP) is 4.92. The molecular weight excluding hydrogens is 543 g/mol. The summed E-state index contributed by atoms with van der Waals surface area (Å²) in [4.78, 5) is 32.0. The van der Waals surface area contributed by atoms with Crippen LogP contribution in [0.2, 0.25) is 0 Å². The van der Waals surface area contributed by atoms with Gasteiger partial charge >= 0.3 is 5.97 Å². The number of rotatable bonds is 9. The van der Waals surface area contributed by atoms with Crippen LogP contribution in [-0.2, 0) is 16.1 Å². The van der Waals surface area contributed by atoms with Crippen LogP contribution in [0.4, 0.5) is 4.39 Å². The lowest BCUT2D eigenvalue weighted by molar-refractivity contribution is -0.139. The van der Waals surface area contributed by atoms with Gasteiger partial charge in [-0.25, -0.2) is 14.2 Å². The van der Waals surface area contributed by atoms with Gasteiger partial charge in [-0.1, -0.05) is 53.8 Å². The van der Waals surface area contributed by atoms with Gasteiger partial charge in [0.25, 0.3) is 5.56 Å². The van der Waals surface area contributed by atoms with Crippen molar-refractivity contribution in [3.05, 3.63) is 126 Å². The van der Waals surface area contributed by atoms with E-state index in [1.54, 1.807) is 54.8 Å². The van der Waals surface area contributed by atoms with Crippen molar-refractivity contribution in [2.45, 2.75) is 33.4 Å². The molecule has 5 rings (SSSR count). The molecule has 1 aliphatic heterocycles. The van der Waals surface area contributed by atoms with Crippen LogP contribution >= 0.6 is 11.3 Å². The normalized spacial score (nSPS) is 14.8. The average Bonchev–Trinajstić information content (AvgIpc) is 3.26. The van der Waals surface area contributed by atoms with Crippen molar-refractivity contribution >= 4 is 23.4 Å². The summed E-state index contributed by atoms with van der Waals surface area (Å²) in [7, 11) is 0. The van der Waals surface area contributed by atoms with E-state index in [-0.39, 0.29) is 24.6 Å². The molecule has 9 heteroatoms. The molecule has 1 atom stereocenters. The Hall–Kier alpha value is -4.50. The first-order valence-corrected chi connectivity index (χ1v) is 14.1. The molecule has 1 aromatic heterocycles. The number of allylic oxidation sites excluding steroid dienone is 1. The van der Waals surface area contributed by atoms with Gasteiger partial charge in [-0.15, -0.1) is 0 Å². The Labute approximate surface area is 240 Å². The Morgan fingerprint density at radius 2 is 1.78 bits per heavy atom. The van der Waals surface area contributed by atoms with Crippen LogP contribution in [0.1, 0.15) is 43.5 Å². The number of hydrogen-bond acceptors (Lipinski definition) is 7. The number of carbonyl (C=O) groups is 1. The Morgan fingerprint density at radius 1 is 1.00 bits per heavy atom. The van der Waals surface area contributed by atoms with Gasteiger partial charge in [-0.05, 0) is 68.3 Å². The van der Waals surface area contributed by atoms with Gasteiger partial charge in [0.2, 0.25) is 0 Å². The van der Waals surface area contributed by atoms with Gasteiger partial charge in [-0.2, -0.15) is 0 Å². The zero-order chi connectivity index (χ0) is 28.9. The number of nitrogens with zero attached hydrogens (tertiary/aromatic N) is 2. The molecule has 0 N–H and O–H groups in total. The van der Waals surface area contributed by atoms with Gasteiger partial charge in [-0.3, -0.25) is 9.36 Å². The number of benzene rings is 3. The first-order chi connectivity index (χ1) is 19.9. The van der Waals surface area contributed by atoms with Gasteiger partial charge in [0.05, 0.1) is 35.1 Å². The van der Waals surface area contributed by atoms with Gasteiger partial charge in [0, 0.05) is 5.56 Å². The maximum Gasteiger partial charge on any atom is 0.338 e. The standard InChI is InChI=1S/C32H29FN2O5S/c1-4-38-24-15-13-22(14-16-24)29-28(31(37)39-5-2)20(3)34-32-35(29)30(36)27(41-32)18-21-9-8-11-25(17-21)40-19-23-10-6-7-12-26(23)33/h6-18,29H,4-5,19H2,1-3H3/b27-18-/t29-/m1/s1. The quantitative estimate of drug-likeness (QED) is 0.266. The number of fused-ring (bicyclic) bond motifs is 1. The van der Waals surface area contributed by atoms with Crippen molar-refractivity contribution in [3.63, 3.8) is 0 Å². The summed E-state index contributed by atoms with van der Waals surface area (Å²) in [5.41, 5.74) is 2.47. The van der Waals surface area contributed by atoms with E-state index in [9.17, 15) is 14.0 Å². The smallest absolute Gasteiger partial charge is 0.338 e. The van der Waals surface area contributed by atoms with E-state index in [0.29, 0.717) is 44.3 Å². The summed E-state index contributed by atoms with van der Waals surface area (Å²) in [5, 5.41) is 0. The molecule has 0 bridgehead atoms. The van der Waals surface area contributed by atoms with E-state index in [2.05, 4.69) is 4.99 Å². The molecule has 0 amide bonds. The van der Waals surface area contributed by atoms with Crippen LogP contribution in [-0.4, -0.2) is 23.8 Å². The minimum Gasteiger partial charge on any atom is -0.494 e. The first-order valence-electron chi connectivity index (χ1n) is 13.3. The minimum atomic E-state index is -0.710. The largest absolute Gasteiger partial charge is 0.494 e. The maximum atomic E-state index is 14.0. The van der Waals surface area contributed by atoms with Crippen molar-refractivity contribution in [2.75, 3.05) is 13.2 Å². The van der Waals surface area contributed by atoms with E-state index in [1.165, 1.54) is 17.4 Å². The molecule has 0 saturated heterocycles. The van der Waals surface area contributed by atoms with Crippen LogP contribution < -0.4 is 24.4 Å². The predicted molar refractivity (Wildman–Crippen MR) is 155 cm³/mol. The highest BCUT2D eigenvalue weighted by Crippen LogP contribution is 2.31. The number of aromatic nitrogens is 1. The van der Waals surface area contributed by atoms with Crippen molar-refractivity contribution in [2.24, 2.45) is 4.99 Å². The van der Waals surface area contributed by atoms with Crippen LogP contribution in [0.25, 0.3) is 6.08 Å². The van der Waals surface area contributed by atoms with Crippen molar-refractivity contribution in [1.29, 1.82) is 0 Å². The van der Waals surface area contributed by atoms with Crippen LogP contribution in [0, 0.1) is 5.82 Å². The molecule has 0 radical (unpaired) electrons. The van der Waals surface area contributed by atoms with Gasteiger partial charge in [0.1, 0.15) is 23.9 Å². The van der Waals surface area contributed by atoms with E-state index in [4.69, 9.17) is 14.2 Å². The third kappa shape index (κ3) is 6.00. The molecule has 7 nitrogen and oxygen atoms in total. The fraction of sp³-hybridized carbons (Fsp3) is 0.219. The van der Waals surface area contributed by atoms with Crippen LogP contribution in [0.3, 0.4) is 0 Å². The number of carbonyl (C=O) groups excluding carboxylic acids is 1.